The van der Waals surface area contributed by atoms with Crippen LogP contribution in [0.15, 0.2) is 60.7 Å². The van der Waals surface area contributed by atoms with Crippen LogP contribution in [-0.2, 0) is 5.41 Å². The van der Waals surface area contributed by atoms with Gasteiger partial charge in [0.05, 0.1) is 0 Å². The zero-order valence-electron chi connectivity index (χ0n) is 12.9. The van der Waals surface area contributed by atoms with E-state index in [1.165, 1.54) is 27.5 Å². The van der Waals surface area contributed by atoms with Crippen molar-refractivity contribution in [2.24, 2.45) is 0 Å². The predicted octanol–water partition coefficient (Wildman–Crippen LogP) is 5.39. The molecule has 106 valence electrons. The fourth-order valence-corrected chi connectivity index (χ4v) is 2.87. The van der Waals surface area contributed by atoms with Gasteiger partial charge in [-0.15, -0.1) is 0 Å². The molecule has 3 aromatic rings. The lowest BCUT2D eigenvalue weighted by molar-refractivity contribution is 0.596. The third-order valence-electron chi connectivity index (χ3n) is 3.95. The highest BCUT2D eigenvalue weighted by molar-refractivity contribution is 5.99. The van der Waals surface area contributed by atoms with E-state index in [1.54, 1.807) is 0 Å². The molecule has 0 aromatic heterocycles. The van der Waals surface area contributed by atoms with Crippen LogP contribution >= 0.6 is 0 Å². The van der Waals surface area contributed by atoms with Gasteiger partial charge < -0.3 is 5.73 Å². The van der Waals surface area contributed by atoms with Crippen LogP contribution in [0.2, 0.25) is 0 Å². The molecule has 0 saturated carbocycles. The van der Waals surface area contributed by atoms with Crippen LogP contribution in [0.5, 0.6) is 0 Å². The third-order valence-corrected chi connectivity index (χ3v) is 3.95. The largest absolute Gasteiger partial charge is 0.399 e. The van der Waals surface area contributed by atoms with Crippen LogP contribution in [0.1, 0.15) is 26.3 Å². The topological polar surface area (TPSA) is 26.0 Å². The van der Waals surface area contributed by atoms with Crippen LogP contribution in [0.3, 0.4) is 0 Å². The zero-order chi connectivity index (χ0) is 15.0. The summed E-state index contributed by atoms with van der Waals surface area (Å²) >= 11 is 0. The molecule has 0 amide bonds. The minimum atomic E-state index is 0.138. The monoisotopic (exact) mass is 275 g/mol. The molecule has 0 atom stereocenters. The number of nitrogens with two attached hydrogens (primary N) is 1. The Morgan fingerprint density at radius 1 is 0.714 bits per heavy atom. The first kappa shape index (κ1) is 13.7. The zero-order valence-corrected chi connectivity index (χ0v) is 12.9. The number of anilines is 1. The number of hydrogen-bond acceptors (Lipinski definition) is 1. The molecule has 0 bridgehead atoms. The van der Waals surface area contributed by atoms with E-state index >= 15 is 0 Å². The van der Waals surface area contributed by atoms with Crippen molar-refractivity contribution >= 4 is 16.5 Å². The Hall–Kier alpha value is -2.28. The SMILES string of the molecule is CC(C)(C)c1ccc(-c2ccc(N)cc2)c2ccccc12. The van der Waals surface area contributed by atoms with E-state index in [9.17, 15) is 0 Å². The predicted molar refractivity (Wildman–Crippen MR) is 92.5 cm³/mol. The molecule has 0 aliphatic carbocycles. The number of benzene rings is 3. The fraction of sp³-hybridized carbons (Fsp3) is 0.200. The second-order valence-corrected chi connectivity index (χ2v) is 6.58. The standard InChI is InChI=1S/C20H21N/c1-20(2,3)19-13-12-16(14-8-10-15(21)11-9-14)17-6-4-5-7-18(17)19/h4-13H,21H2,1-3H3. The Bertz CT molecular complexity index is 777. The lowest BCUT2D eigenvalue weighted by atomic mass is 9.82. The molecule has 1 nitrogen and oxygen atoms in total. The highest BCUT2D eigenvalue weighted by atomic mass is 14.5. The molecule has 0 spiro atoms. The van der Waals surface area contributed by atoms with Gasteiger partial charge in [-0.25, -0.2) is 0 Å². The van der Waals surface area contributed by atoms with E-state index in [0.717, 1.165) is 5.69 Å². The van der Waals surface area contributed by atoms with Crippen molar-refractivity contribution in [3.8, 4) is 11.1 Å². The van der Waals surface area contributed by atoms with E-state index in [1.807, 2.05) is 12.1 Å². The van der Waals surface area contributed by atoms with Crippen LogP contribution in [0.4, 0.5) is 5.69 Å². The fourth-order valence-electron chi connectivity index (χ4n) is 2.87. The average molecular weight is 275 g/mol. The van der Waals surface area contributed by atoms with E-state index in [2.05, 4.69) is 69.3 Å². The van der Waals surface area contributed by atoms with Gasteiger partial charge in [0, 0.05) is 5.69 Å². The Morgan fingerprint density at radius 3 is 1.95 bits per heavy atom. The molecule has 0 saturated heterocycles. The first-order valence-electron chi connectivity index (χ1n) is 7.35. The van der Waals surface area contributed by atoms with Crippen molar-refractivity contribution in [2.75, 3.05) is 5.73 Å². The van der Waals surface area contributed by atoms with Crippen LogP contribution < -0.4 is 5.73 Å². The van der Waals surface area contributed by atoms with Crippen molar-refractivity contribution < 1.29 is 0 Å². The van der Waals surface area contributed by atoms with Crippen LogP contribution in [0.25, 0.3) is 21.9 Å². The van der Waals surface area contributed by atoms with Crippen LogP contribution in [-0.4, -0.2) is 0 Å². The molecule has 0 heterocycles. The summed E-state index contributed by atoms with van der Waals surface area (Å²) in [5, 5.41) is 2.63. The maximum atomic E-state index is 5.80. The van der Waals surface area contributed by atoms with E-state index in [4.69, 9.17) is 5.73 Å². The highest BCUT2D eigenvalue weighted by Gasteiger charge is 2.18. The quantitative estimate of drug-likeness (QED) is 0.592. The molecule has 0 fully saturated rings. The summed E-state index contributed by atoms with van der Waals surface area (Å²) in [6.07, 6.45) is 0. The smallest absolute Gasteiger partial charge is 0.0314 e. The average Bonchev–Trinajstić information content (AvgIpc) is 2.46. The van der Waals surface area contributed by atoms with Gasteiger partial charge in [-0.2, -0.15) is 0 Å². The molecule has 0 aliphatic rings. The van der Waals surface area contributed by atoms with E-state index in [-0.39, 0.29) is 5.41 Å². The Labute approximate surface area is 126 Å². The van der Waals surface area contributed by atoms with Gasteiger partial charge >= 0.3 is 0 Å². The second kappa shape index (κ2) is 4.92. The number of fused-ring (bicyclic) bond motifs is 1. The molecule has 2 N–H and O–H groups in total. The van der Waals surface area contributed by atoms with Gasteiger partial charge in [0.25, 0.3) is 0 Å². The molecule has 0 radical (unpaired) electrons. The molecule has 21 heavy (non-hydrogen) atoms. The molecule has 3 aromatic carbocycles. The van der Waals surface area contributed by atoms with Gasteiger partial charge in [-0.05, 0) is 45.0 Å². The second-order valence-electron chi connectivity index (χ2n) is 6.58. The summed E-state index contributed by atoms with van der Waals surface area (Å²) in [4.78, 5) is 0. The minimum absolute atomic E-state index is 0.138. The maximum Gasteiger partial charge on any atom is 0.0314 e. The Kier molecular flexibility index (Phi) is 3.21. The maximum absolute atomic E-state index is 5.80. The molecule has 0 aliphatic heterocycles. The summed E-state index contributed by atoms with van der Waals surface area (Å²) < 4.78 is 0. The lowest BCUT2D eigenvalue weighted by Crippen LogP contribution is -2.11. The number of rotatable bonds is 1. The van der Waals surface area contributed by atoms with Crippen molar-refractivity contribution in [3.63, 3.8) is 0 Å². The molecule has 3 rings (SSSR count). The summed E-state index contributed by atoms with van der Waals surface area (Å²) in [5.74, 6) is 0. The summed E-state index contributed by atoms with van der Waals surface area (Å²) in [6.45, 7) is 6.78. The third kappa shape index (κ3) is 2.52. The first-order valence-corrected chi connectivity index (χ1v) is 7.35. The molecule has 1 heteroatoms. The summed E-state index contributed by atoms with van der Waals surface area (Å²) in [5.41, 5.74) is 10.6. The van der Waals surface area contributed by atoms with Crippen molar-refractivity contribution in [1.29, 1.82) is 0 Å². The van der Waals surface area contributed by atoms with Gasteiger partial charge in [-0.1, -0.05) is 69.3 Å². The number of hydrogen-bond donors (Lipinski definition) is 1. The first-order chi connectivity index (χ1) is 9.97. The Morgan fingerprint density at radius 2 is 1.33 bits per heavy atom. The van der Waals surface area contributed by atoms with Gasteiger partial charge in [0.1, 0.15) is 0 Å². The van der Waals surface area contributed by atoms with Gasteiger partial charge in [-0.3, -0.25) is 0 Å². The highest BCUT2D eigenvalue weighted by Crippen LogP contribution is 2.36. The van der Waals surface area contributed by atoms with Crippen molar-refractivity contribution in [2.45, 2.75) is 26.2 Å². The van der Waals surface area contributed by atoms with Gasteiger partial charge in [0.15, 0.2) is 0 Å². The van der Waals surface area contributed by atoms with Crippen molar-refractivity contribution in [1.82, 2.24) is 0 Å². The lowest BCUT2D eigenvalue weighted by Gasteiger charge is -2.22. The molecular weight excluding hydrogens is 254 g/mol. The normalized spacial score (nSPS) is 11.8. The summed E-state index contributed by atoms with van der Waals surface area (Å²) in [7, 11) is 0. The van der Waals surface area contributed by atoms with E-state index < -0.39 is 0 Å². The minimum Gasteiger partial charge on any atom is -0.399 e. The Balaban J connectivity index is 2.29. The van der Waals surface area contributed by atoms with Crippen molar-refractivity contribution in [3.05, 3.63) is 66.2 Å². The van der Waals surface area contributed by atoms with E-state index in [0.29, 0.717) is 0 Å². The molecule has 0 unspecified atom stereocenters. The summed E-state index contributed by atoms with van der Waals surface area (Å²) in [6, 6.07) is 21.2. The van der Waals surface area contributed by atoms with Crippen LogP contribution in [0, 0.1) is 0 Å². The molecular formula is C20H21N. The number of nitrogen functional groups attached to an aromatic ring is 1. The van der Waals surface area contributed by atoms with Gasteiger partial charge in [0.2, 0.25) is 0 Å².